The largest absolute Gasteiger partial charge is 0.448 e. The minimum Gasteiger partial charge on any atom is -0.448 e. The molecule has 0 atom stereocenters. The molecule has 1 aromatic carbocycles. The molecule has 7 nitrogen and oxygen atoms in total. The van der Waals surface area contributed by atoms with Crippen LogP contribution >= 0.6 is 0 Å². The zero-order valence-electron chi connectivity index (χ0n) is 9.22. The van der Waals surface area contributed by atoms with Crippen molar-refractivity contribution in [3.63, 3.8) is 0 Å². The molecule has 1 aromatic rings. The van der Waals surface area contributed by atoms with Crippen molar-refractivity contribution in [2.24, 2.45) is 5.73 Å². The van der Waals surface area contributed by atoms with Crippen LogP contribution in [0, 0.1) is 5.82 Å². The number of sulfonamides is 1. The topological polar surface area (TPSA) is 125 Å². The first-order valence-electron chi connectivity index (χ1n) is 4.80. The third-order valence-electron chi connectivity index (χ3n) is 1.92. The number of carbonyl (C=O) groups excluding carboxylic acids is 1. The molecule has 18 heavy (non-hydrogen) atoms. The van der Waals surface area contributed by atoms with Gasteiger partial charge < -0.3 is 16.2 Å². The predicted molar refractivity (Wildman–Crippen MR) is 61.5 cm³/mol. The number of nitrogen functional groups attached to an aromatic ring is 1. The van der Waals surface area contributed by atoms with Gasteiger partial charge in [-0.15, -0.1) is 0 Å². The molecule has 0 bridgehead atoms. The normalized spacial score (nSPS) is 11.2. The Bertz CT molecular complexity index is 547. The quantitative estimate of drug-likeness (QED) is 0.507. The first-order chi connectivity index (χ1) is 8.33. The van der Waals surface area contributed by atoms with Crippen LogP contribution in [0.5, 0.6) is 0 Å². The fourth-order valence-electron chi connectivity index (χ4n) is 1.09. The molecule has 5 N–H and O–H groups in total. The van der Waals surface area contributed by atoms with Gasteiger partial charge in [0.15, 0.2) is 0 Å². The minimum atomic E-state index is -3.88. The molecular formula is C9H12FN3O4S. The average Bonchev–Trinajstić information content (AvgIpc) is 2.28. The zero-order chi connectivity index (χ0) is 13.8. The maximum Gasteiger partial charge on any atom is 0.404 e. The van der Waals surface area contributed by atoms with Gasteiger partial charge in [0.05, 0.1) is 10.6 Å². The number of hydrogen-bond acceptors (Lipinski definition) is 5. The van der Waals surface area contributed by atoms with Gasteiger partial charge in [-0.2, -0.15) is 0 Å². The van der Waals surface area contributed by atoms with E-state index < -0.39 is 21.9 Å². The number of carbonyl (C=O) groups is 1. The van der Waals surface area contributed by atoms with E-state index in [-0.39, 0.29) is 23.7 Å². The Morgan fingerprint density at radius 2 is 2.11 bits per heavy atom. The van der Waals surface area contributed by atoms with E-state index in [1.165, 1.54) is 0 Å². The molecular weight excluding hydrogens is 265 g/mol. The molecule has 1 rings (SSSR count). The third-order valence-corrected chi connectivity index (χ3v) is 3.38. The highest BCUT2D eigenvalue weighted by Crippen LogP contribution is 2.15. The Balaban J connectivity index is 2.68. The van der Waals surface area contributed by atoms with Crippen LogP contribution in [0.2, 0.25) is 0 Å². The fourth-order valence-corrected chi connectivity index (χ4v) is 2.11. The lowest BCUT2D eigenvalue weighted by atomic mass is 10.3. The molecule has 0 saturated carbocycles. The average molecular weight is 277 g/mol. The molecule has 0 unspecified atom stereocenters. The van der Waals surface area contributed by atoms with E-state index in [1.807, 2.05) is 0 Å². The molecule has 0 fully saturated rings. The van der Waals surface area contributed by atoms with Gasteiger partial charge in [-0.3, -0.25) is 0 Å². The van der Waals surface area contributed by atoms with Crippen LogP contribution < -0.4 is 16.2 Å². The summed E-state index contributed by atoms with van der Waals surface area (Å²) in [6.07, 6.45) is -1.01. The van der Waals surface area contributed by atoms with Crippen molar-refractivity contribution in [2.45, 2.75) is 4.90 Å². The molecule has 0 radical (unpaired) electrons. The summed E-state index contributed by atoms with van der Waals surface area (Å²) in [5, 5.41) is 0. The monoisotopic (exact) mass is 277 g/mol. The van der Waals surface area contributed by atoms with Crippen LogP contribution in [0.15, 0.2) is 23.1 Å². The van der Waals surface area contributed by atoms with Crippen LogP contribution in [0.4, 0.5) is 14.9 Å². The van der Waals surface area contributed by atoms with E-state index in [9.17, 15) is 17.6 Å². The molecule has 0 aliphatic heterocycles. The van der Waals surface area contributed by atoms with Crippen molar-refractivity contribution < 1.29 is 22.3 Å². The van der Waals surface area contributed by atoms with Gasteiger partial charge in [0, 0.05) is 6.54 Å². The maximum atomic E-state index is 13.1. The summed E-state index contributed by atoms with van der Waals surface area (Å²) in [6, 6.07) is 3.10. The molecule has 0 spiro atoms. The lowest BCUT2D eigenvalue weighted by Crippen LogP contribution is -2.29. The van der Waals surface area contributed by atoms with Crippen LogP contribution in [0.1, 0.15) is 0 Å². The summed E-state index contributed by atoms with van der Waals surface area (Å²) < 4.78 is 42.8. The van der Waals surface area contributed by atoms with Crippen molar-refractivity contribution in [3.05, 3.63) is 24.0 Å². The summed E-state index contributed by atoms with van der Waals surface area (Å²) in [5.74, 6) is -0.828. The second-order valence-electron chi connectivity index (χ2n) is 3.25. The lowest BCUT2D eigenvalue weighted by molar-refractivity contribution is 0.159. The highest BCUT2D eigenvalue weighted by molar-refractivity contribution is 7.89. The van der Waals surface area contributed by atoms with Gasteiger partial charge in [0.2, 0.25) is 10.0 Å². The molecule has 0 saturated heterocycles. The van der Waals surface area contributed by atoms with Gasteiger partial charge in [-0.05, 0) is 18.2 Å². The number of primary amides is 1. The summed E-state index contributed by atoms with van der Waals surface area (Å²) >= 11 is 0. The number of rotatable bonds is 5. The van der Waals surface area contributed by atoms with Crippen LogP contribution in [0.3, 0.4) is 0 Å². The van der Waals surface area contributed by atoms with Gasteiger partial charge >= 0.3 is 6.09 Å². The predicted octanol–water partition coefficient (Wildman–Crippen LogP) is -0.218. The van der Waals surface area contributed by atoms with Gasteiger partial charge in [0.1, 0.15) is 12.4 Å². The lowest BCUT2D eigenvalue weighted by Gasteiger charge is -2.07. The third kappa shape index (κ3) is 3.86. The fraction of sp³-hybridized carbons (Fsp3) is 0.222. The number of anilines is 1. The zero-order valence-corrected chi connectivity index (χ0v) is 10.0. The van der Waals surface area contributed by atoms with Crippen LogP contribution in [-0.4, -0.2) is 27.7 Å². The number of benzene rings is 1. The Kier molecular flexibility index (Phi) is 4.45. The van der Waals surface area contributed by atoms with Gasteiger partial charge in [-0.1, -0.05) is 0 Å². The Morgan fingerprint density at radius 1 is 1.44 bits per heavy atom. The van der Waals surface area contributed by atoms with E-state index in [0.717, 1.165) is 18.2 Å². The number of halogens is 1. The molecule has 9 heteroatoms. The smallest absolute Gasteiger partial charge is 0.404 e. The summed E-state index contributed by atoms with van der Waals surface area (Å²) in [6.45, 7) is -0.386. The van der Waals surface area contributed by atoms with Gasteiger partial charge in [0.25, 0.3) is 0 Å². The van der Waals surface area contributed by atoms with E-state index in [1.54, 1.807) is 0 Å². The van der Waals surface area contributed by atoms with Crippen molar-refractivity contribution in [1.82, 2.24) is 4.72 Å². The first-order valence-corrected chi connectivity index (χ1v) is 6.28. The molecule has 0 aliphatic rings. The number of amides is 1. The number of ether oxygens (including phenoxy) is 1. The molecule has 0 heterocycles. The Hall–Kier alpha value is -1.87. The van der Waals surface area contributed by atoms with Crippen molar-refractivity contribution in [1.29, 1.82) is 0 Å². The van der Waals surface area contributed by atoms with Crippen molar-refractivity contribution in [2.75, 3.05) is 18.9 Å². The second kappa shape index (κ2) is 5.65. The SMILES string of the molecule is NC(=O)OCCNS(=O)(=O)c1ccc(N)c(F)c1. The number of nitrogens with one attached hydrogen (secondary N) is 1. The van der Waals surface area contributed by atoms with Crippen molar-refractivity contribution >= 4 is 21.8 Å². The Labute approximate surface area is 103 Å². The van der Waals surface area contributed by atoms with E-state index >= 15 is 0 Å². The highest BCUT2D eigenvalue weighted by atomic mass is 32.2. The highest BCUT2D eigenvalue weighted by Gasteiger charge is 2.15. The van der Waals surface area contributed by atoms with E-state index in [0.29, 0.717) is 0 Å². The van der Waals surface area contributed by atoms with Crippen LogP contribution in [-0.2, 0) is 14.8 Å². The summed E-state index contributed by atoms with van der Waals surface area (Å²) in [5.41, 5.74) is 9.77. The molecule has 0 aliphatic carbocycles. The summed E-state index contributed by atoms with van der Waals surface area (Å²) in [7, 11) is -3.88. The maximum absolute atomic E-state index is 13.1. The standard InChI is InChI=1S/C9H12FN3O4S/c10-7-5-6(1-2-8(7)11)18(15,16)13-3-4-17-9(12)14/h1-2,5,13H,3-4,11H2,(H2,12,14). The van der Waals surface area contributed by atoms with E-state index in [2.05, 4.69) is 15.2 Å². The molecule has 0 aromatic heterocycles. The number of hydrogen-bond donors (Lipinski definition) is 3. The first kappa shape index (κ1) is 14.2. The Morgan fingerprint density at radius 3 is 2.67 bits per heavy atom. The van der Waals surface area contributed by atoms with Crippen molar-refractivity contribution in [3.8, 4) is 0 Å². The minimum absolute atomic E-state index is 0.147. The van der Waals surface area contributed by atoms with E-state index in [4.69, 9.17) is 5.73 Å². The number of nitrogens with two attached hydrogens (primary N) is 2. The summed E-state index contributed by atoms with van der Waals surface area (Å²) in [4.78, 5) is 9.97. The van der Waals surface area contributed by atoms with Crippen LogP contribution in [0.25, 0.3) is 0 Å². The van der Waals surface area contributed by atoms with Gasteiger partial charge in [-0.25, -0.2) is 22.3 Å². The molecule has 100 valence electrons. The molecule has 1 amide bonds. The second-order valence-corrected chi connectivity index (χ2v) is 5.02.